The average Bonchev–Trinajstić information content (AvgIpc) is 2.55. The Kier molecular flexibility index (Phi) is 5.84. The SMILES string of the molecule is COc1ccccc1N(CCC(=O)O)S(=O)(=O)c1ccc(Br)cc1. The lowest BCUT2D eigenvalue weighted by molar-refractivity contribution is -0.136. The molecule has 0 radical (unpaired) electrons. The summed E-state index contributed by atoms with van der Waals surface area (Å²) in [5.41, 5.74) is 0.296. The number of para-hydroxylation sites is 2. The van der Waals surface area contributed by atoms with Gasteiger partial charge in [0.2, 0.25) is 0 Å². The molecule has 128 valence electrons. The number of aliphatic carboxylic acids is 1. The molecule has 0 saturated carbocycles. The number of carboxylic acid groups (broad SMARTS) is 1. The molecule has 0 aliphatic rings. The second-order valence-electron chi connectivity index (χ2n) is 4.85. The van der Waals surface area contributed by atoms with Gasteiger partial charge in [0.25, 0.3) is 10.0 Å². The van der Waals surface area contributed by atoms with Gasteiger partial charge in [-0.3, -0.25) is 9.10 Å². The van der Waals surface area contributed by atoms with E-state index in [4.69, 9.17) is 9.84 Å². The molecule has 0 amide bonds. The molecule has 0 atom stereocenters. The van der Waals surface area contributed by atoms with E-state index in [0.29, 0.717) is 11.4 Å². The molecule has 0 aliphatic heterocycles. The van der Waals surface area contributed by atoms with Crippen molar-refractivity contribution in [1.29, 1.82) is 0 Å². The van der Waals surface area contributed by atoms with E-state index in [1.165, 1.54) is 19.2 Å². The number of benzene rings is 2. The third-order valence-corrected chi connectivity index (χ3v) is 5.64. The number of rotatable bonds is 7. The van der Waals surface area contributed by atoms with Crippen LogP contribution in [-0.4, -0.2) is 33.1 Å². The van der Waals surface area contributed by atoms with Crippen LogP contribution in [0.2, 0.25) is 0 Å². The molecule has 0 unspecified atom stereocenters. The highest BCUT2D eigenvalue weighted by molar-refractivity contribution is 9.10. The molecule has 0 aliphatic carbocycles. The van der Waals surface area contributed by atoms with Crippen LogP contribution in [0, 0.1) is 0 Å². The van der Waals surface area contributed by atoms with E-state index in [1.807, 2.05) is 0 Å². The number of carbonyl (C=O) groups is 1. The van der Waals surface area contributed by atoms with Crippen molar-refractivity contribution >= 4 is 37.6 Å². The summed E-state index contributed by atoms with van der Waals surface area (Å²) in [7, 11) is -2.50. The first-order chi connectivity index (χ1) is 11.4. The van der Waals surface area contributed by atoms with Gasteiger partial charge < -0.3 is 9.84 Å². The summed E-state index contributed by atoms with van der Waals surface area (Å²) in [5, 5.41) is 8.95. The van der Waals surface area contributed by atoms with E-state index < -0.39 is 16.0 Å². The number of hydrogen-bond acceptors (Lipinski definition) is 4. The van der Waals surface area contributed by atoms with E-state index in [2.05, 4.69) is 15.9 Å². The molecule has 0 heterocycles. The van der Waals surface area contributed by atoms with Crippen LogP contribution in [0.1, 0.15) is 6.42 Å². The van der Waals surface area contributed by atoms with Crippen LogP contribution < -0.4 is 9.04 Å². The summed E-state index contributed by atoms with van der Waals surface area (Å²) < 4.78 is 33.0. The number of ether oxygens (including phenoxy) is 1. The standard InChI is InChI=1S/C16H16BrNO5S/c1-23-15-5-3-2-4-14(15)18(11-10-16(19)20)24(21,22)13-8-6-12(17)7-9-13/h2-9H,10-11H2,1H3,(H,19,20). The highest BCUT2D eigenvalue weighted by atomic mass is 79.9. The molecular formula is C16H16BrNO5S. The molecule has 8 heteroatoms. The van der Waals surface area contributed by atoms with Crippen LogP contribution in [-0.2, 0) is 14.8 Å². The van der Waals surface area contributed by atoms with Gasteiger partial charge in [-0.2, -0.15) is 0 Å². The quantitative estimate of drug-likeness (QED) is 0.753. The molecule has 2 aromatic rings. The molecule has 1 N–H and O–H groups in total. The Balaban J connectivity index is 2.52. The fraction of sp³-hybridized carbons (Fsp3) is 0.188. The van der Waals surface area contributed by atoms with E-state index >= 15 is 0 Å². The minimum Gasteiger partial charge on any atom is -0.495 e. The average molecular weight is 414 g/mol. The molecule has 0 fully saturated rings. The van der Waals surface area contributed by atoms with Crippen LogP contribution in [0.5, 0.6) is 5.75 Å². The van der Waals surface area contributed by atoms with Gasteiger partial charge in [0.1, 0.15) is 5.75 Å². The maximum atomic E-state index is 13.0. The summed E-state index contributed by atoms with van der Waals surface area (Å²) in [6.45, 7) is -0.200. The second kappa shape index (κ2) is 7.67. The molecule has 0 saturated heterocycles. The van der Waals surface area contributed by atoms with Gasteiger partial charge in [0.15, 0.2) is 0 Å². The Hall–Kier alpha value is -2.06. The summed E-state index contributed by atoms with van der Waals surface area (Å²) in [6, 6.07) is 12.7. The van der Waals surface area contributed by atoms with Crippen molar-refractivity contribution in [2.45, 2.75) is 11.3 Å². The lowest BCUT2D eigenvalue weighted by atomic mass is 10.3. The maximum Gasteiger partial charge on any atom is 0.305 e. The first kappa shape index (κ1) is 18.3. The molecule has 0 aromatic heterocycles. The predicted molar refractivity (Wildman–Crippen MR) is 93.9 cm³/mol. The number of halogens is 1. The van der Waals surface area contributed by atoms with Gasteiger partial charge in [-0.15, -0.1) is 0 Å². The van der Waals surface area contributed by atoms with Crippen molar-refractivity contribution in [3.8, 4) is 5.75 Å². The Morgan fingerprint density at radius 2 is 1.79 bits per heavy atom. The van der Waals surface area contributed by atoms with Crippen LogP contribution in [0.25, 0.3) is 0 Å². The maximum absolute atomic E-state index is 13.0. The molecule has 6 nitrogen and oxygen atoms in total. The van der Waals surface area contributed by atoms with E-state index in [1.54, 1.807) is 36.4 Å². The first-order valence-electron chi connectivity index (χ1n) is 6.99. The van der Waals surface area contributed by atoms with Crippen molar-refractivity contribution in [2.24, 2.45) is 0 Å². The van der Waals surface area contributed by atoms with Crippen molar-refractivity contribution < 1.29 is 23.1 Å². The monoisotopic (exact) mass is 413 g/mol. The normalized spacial score (nSPS) is 11.1. The van der Waals surface area contributed by atoms with Gasteiger partial charge in [0.05, 0.1) is 24.1 Å². The third-order valence-electron chi connectivity index (χ3n) is 3.28. The van der Waals surface area contributed by atoms with Crippen molar-refractivity contribution in [1.82, 2.24) is 0 Å². The molecular weight excluding hydrogens is 398 g/mol. The van der Waals surface area contributed by atoms with Crippen LogP contribution in [0.3, 0.4) is 0 Å². The van der Waals surface area contributed by atoms with Gasteiger partial charge >= 0.3 is 5.97 Å². The molecule has 0 bridgehead atoms. The van der Waals surface area contributed by atoms with Gasteiger partial charge in [0, 0.05) is 11.0 Å². The van der Waals surface area contributed by atoms with Crippen molar-refractivity contribution in [3.05, 3.63) is 53.0 Å². The second-order valence-corrected chi connectivity index (χ2v) is 7.62. The Labute approximate surface area is 148 Å². The predicted octanol–water partition coefficient (Wildman–Crippen LogP) is 3.13. The fourth-order valence-corrected chi connectivity index (χ4v) is 3.88. The van der Waals surface area contributed by atoms with Crippen LogP contribution >= 0.6 is 15.9 Å². The van der Waals surface area contributed by atoms with Crippen molar-refractivity contribution in [2.75, 3.05) is 18.0 Å². The summed E-state index contributed by atoms with van der Waals surface area (Å²) in [5.74, 6) is -0.732. The Bertz CT molecular complexity index is 821. The molecule has 0 spiro atoms. The van der Waals surface area contributed by atoms with Crippen LogP contribution in [0.15, 0.2) is 57.9 Å². The summed E-state index contributed by atoms with van der Waals surface area (Å²) >= 11 is 3.26. The number of anilines is 1. The van der Waals surface area contributed by atoms with Crippen LogP contribution in [0.4, 0.5) is 5.69 Å². The fourth-order valence-electron chi connectivity index (χ4n) is 2.14. The Morgan fingerprint density at radius 1 is 1.17 bits per heavy atom. The third kappa shape index (κ3) is 4.07. The zero-order valence-electron chi connectivity index (χ0n) is 12.8. The number of nitrogens with zero attached hydrogens (tertiary/aromatic N) is 1. The van der Waals surface area contributed by atoms with E-state index in [0.717, 1.165) is 8.78 Å². The van der Waals surface area contributed by atoms with Gasteiger partial charge in [-0.25, -0.2) is 8.42 Å². The highest BCUT2D eigenvalue weighted by Crippen LogP contribution is 2.32. The largest absolute Gasteiger partial charge is 0.495 e. The summed E-state index contributed by atoms with van der Waals surface area (Å²) in [4.78, 5) is 11.0. The highest BCUT2D eigenvalue weighted by Gasteiger charge is 2.27. The minimum atomic E-state index is -3.93. The lowest BCUT2D eigenvalue weighted by Crippen LogP contribution is -2.33. The zero-order valence-corrected chi connectivity index (χ0v) is 15.2. The van der Waals surface area contributed by atoms with Gasteiger partial charge in [-0.1, -0.05) is 28.1 Å². The summed E-state index contributed by atoms with van der Waals surface area (Å²) in [6.07, 6.45) is -0.326. The minimum absolute atomic E-state index is 0.0713. The number of sulfonamides is 1. The number of carboxylic acids is 1. The lowest BCUT2D eigenvalue weighted by Gasteiger charge is -2.25. The van der Waals surface area contributed by atoms with Gasteiger partial charge in [-0.05, 0) is 36.4 Å². The zero-order chi connectivity index (χ0) is 17.7. The smallest absolute Gasteiger partial charge is 0.305 e. The number of methoxy groups -OCH3 is 1. The van der Waals surface area contributed by atoms with E-state index in [9.17, 15) is 13.2 Å². The van der Waals surface area contributed by atoms with Crippen molar-refractivity contribution in [3.63, 3.8) is 0 Å². The topological polar surface area (TPSA) is 83.9 Å². The molecule has 2 rings (SSSR count). The molecule has 2 aromatic carbocycles. The Morgan fingerprint density at radius 3 is 2.38 bits per heavy atom. The van der Waals surface area contributed by atoms with E-state index in [-0.39, 0.29) is 17.9 Å². The first-order valence-corrected chi connectivity index (χ1v) is 9.22. The number of hydrogen-bond donors (Lipinski definition) is 1. The molecule has 24 heavy (non-hydrogen) atoms.